The first-order valence-electron chi connectivity index (χ1n) is 14.2. The lowest BCUT2D eigenvalue weighted by atomic mass is 9.86. The van der Waals surface area contributed by atoms with Crippen molar-refractivity contribution in [2.45, 2.75) is 58.5 Å². The normalized spacial score (nSPS) is 15.6. The van der Waals surface area contributed by atoms with Crippen LogP contribution in [0.15, 0.2) is 75.8 Å². The van der Waals surface area contributed by atoms with Crippen molar-refractivity contribution in [3.63, 3.8) is 0 Å². The van der Waals surface area contributed by atoms with E-state index in [1.165, 1.54) is 11.1 Å². The summed E-state index contributed by atoms with van der Waals surface area (Å²) in [5.74, 6) is 1.69. The standard InChI is InChI=1S/C34H36N4O3/c1-20-8-10-28(21(2)13-20)29(30-7-5-6-12-36-30)17-27(39)15-24-9-11-31-25(14-24)16-32(40-31)34(38-18-26(35)19-38)33-22(3)37-41-23(33)4/h5-14,16,26,29,34H,15,17-19,35H2,1-4H3. The summed E-state index contributed by atoms with van der Waals surface area (Å²) in [5.41, 5.74) is 14.2. The third-order valence-electron chi connectivity index (χ3n) is 8.21. The van der Waals surface area contributed by atoms with Gasteiger partial charge in [0, 0.05) is 60.7 Å². The van der Waals surface area contributed by atoms with E-state index in [4.69, 9.17) is 14.7 Å². The quantitative estimate of drug-likeness (QED) is 0.237. The zero-order valence-corrected chi connectivity index (χ0v) is 24.1. The fraction of sp³-hybridized carbons (Fsp3) is 0.324. The van der Waals surface area contributed by atoms with Gasteiger partial charge >= 0.3 is 0 Å². The number of hydrogen-bond acceptors (Lipinski definition) is 7. The Kier molecular flexibility index (Phi) is 7.32. The summed E-state index contributed by atoms with van der Waals surface area (Å²) in [4.78, 5) is 20.4. The van der Waals surface area contributed by atoms with Crippen LogP contribution in [0.5, 0.6) is 0 Å². The van der Waals surface area contributed by atoms with Crippen LogP contribution in [0.25, 0.3) is 11.0 Å². The van der Waals surface area contributed by atoms with Crippen LogP contribution in [0, 0.1) is 27.7 Å². The van der Waals surface area contributed by atoms with Crippen molar-refractivity contribution in [3.8, 4) is 0 Å². The van der Waals surface area contributed by atoms with E-state index in [2.05, 4.69) is 59.2 Å². The van der Waals surface area contributed by atoms with Gasteiger partial charge in [0.15, 0.2) is 0 Å². The highest BCUT2D eigenvalue weighted by Crippen LogP contribution is 2.38. The highest BCUT2D eigenvalue weighted by atomic mass is 16.5. The molecular weight excluding hydrogens is 512 g/mol. The maximum absolute atomic E-state index is 13.5. The van der Waals surface area contributed by atoms with Crippen LogP contribution in [0.3, 0.4) is 0 Å². The first kappa shape index (κ1) is 27.1. The van der Waals surface area contributed by atoms with Crippen molar-refractivity contribution in [3.05, 3.63) is 118 Å². The summed E-state index contributed by atoms with van der Waals surface area (Å²) in [6.07, 6.45) is 2.53. The largest absolute Gasteiger partial charge is 0.459 e. The number of carbonyl (C=O) groups excluding carboxylic acids is 1. The molecule has 1 saturated heterocycles. The molecule has 4 heterocycles. The first-order chi connectivity index (χ1) is 19.8. The molecule has 0 spiro atoms. The minimum Gasteiger partial charge on any atom is -0.459 e. The first-order valence-corrected chi connectivity index (χ1v) is 14.2. The molecule has 6 rings (SSSR count). The third kappa shape index (κ3) is 5.47. The highest BCUT2D eigenvalue weighted by Gasteiger charge is 2.37. The van der Waals surface area contributed by atoms with Crippen LogP contribution >= 0.6 is 0 Å². The molecule has 2 unspecified atom stereocenters. The van der Waals surface area contributed by atoms with E-state index in [0.717, 1.165) is 63.7 Å². The Hall–Kier alpha value is -4.07. The number of aromatic nitrogens is 2. The SMILES string of the molecule is Cc1ccc(C(CC(=O)Cc2ccc3oc(C(c4c(C)noc4C)N4CC(N)C4)cc3c2)c2ccccn2)c(C)c1. The number of likely N-dealkylation sites (tertiary alicyclic amines) is 1. The molecule has 1 aliphatic heterocycles. The van der Waals surface area contributed by atoms with Crippen LogP contribution < -0.4 is 5.73 Å². The predicted octanol–water partition coefficient (Wildman–Crippen LogP) is 6.12. The fourth-order valence-corrected chi connectivity index (χ4v) is 6.20. The Balaban J connectivity index is 1.26. The Morgan fingerprint density at radius 2 is 1.88 bits per heavy atom. The van der Waals surface area contributed by atoms with Gasteiger partial charge in [0.05, 0.1) is 11.7 Å². The number of Topliss-reactive ketones (excluding diaryl/α,β-unsaturated/α-hetero) is 1. The van der Waals surface area contributed by atoms with Crippen molar-refractivity contribution < 1.29 is 13.7 Å². The van der Waals surface area contributed by atoms with E-state index in [1.54, 1.807) is 6.20 Å². The molecule has 2 aromatic carbocycles. The van der Waals surface area contributed by atoms with E-state index in [-0.39, 0.29) is 23.8 Å². The van der Waals surface area contributed by atoms with E-state index >= 15 is 0 Å². The smallest absolute Gasteiger partial charge is 0.139 e. The van der Waals surface area contributed by atoms with Gasteiger partial charge < -0.3 is 14.7 Å². The average Bonchev–Trinajstić information content (AvgIpc) is 3.50. The number of nitrogens with two attached hydrogens (primary N) is 1. The molecule has 1 aliphatic rings. The molecular formula is C34H36N4O3. The maximum Gasteiger partial charge on any atom is 0.139 e. The average molecular weight is 549 g/mol. The van der Waals surface area contributed by atoms with E-state index in [1.807, 2.05) is 44.2 Å². The molecule has 0 radical (unpaired) electrons. The molecule has 7 nitrogen and oxygen atoms in total. The van der Waals surface area contributed by atoms with Crippen molar-refractivity contribution in [2.24, 2.45) is 5.73 Å². The molecule has 0 bridgehead atoms. The van der Waals surface area contributed by atoms with Gasteiger partial charge in [-0.1, -0.05) is 41.1 Å². The zero-order chi connectivity index (χ0) is 28.7. The number of aryl methyl sites for hydroxylation is 4. The number of ketones is 1. The third-order valence-corrected chi connectivity index (χ3v) is 8.21. The molecule has 1 fully saturated rings. The molecule has 2 N–H and O–H groups in total. The summed E-state index contributed by atoms with van der Waals surface area (Å²) in [7, 11) is 0. The summed E-state index contributed by atoms with van der Waals surface area (Å²) < 4.78 is 11.9. The number of pyridine rings is 1. The van der Waals surface area contributed by atoms with Gasteiger partial charge in [0.1, 0.15) is 22.9 Å². The molecule has 7 heteroatoms. The molecule has 0 saturated carbocycles. The van der Waals surface area contributed by atoms with Crippen LogP contribution in [-0.4, -0.2) is 40.0 Å². The summed E-state index contributed by atoms with van der Waals surface area (Å²) in [5, 5.41) is 5.16. The number of furan rings is 1. The Morgan fingerprint density at radius 3 is 2.56 bits per heavy atom. The van der Waals surface area contributed by atoms with Gasteiger partial charge in [-0.05, 0) is 74.7 Å². The van der Waals surface area contributed by atoms with Gasteiger partial charge in [0.25, 0.3) is 0 Å². The van der Waals surface area contributed by atoms with Gasteiger partial charge in [-0.2, -0.15) is 0 Å². The monoisotopic (exact) mass is 548 g/mol. The number of hydrogen-bond donors (Lipinski definition) is 1. The van der Waals surface area contributed by atoms with Gasteiger partial charge in [0.2, 0.25) is 0 Å². The number of benzene rings is 2. The van der Waals surface area contributed by atoms with E-state index < -0.39 is 0 Å². The second kappa shape index (κ2) is 11.1. The van der Waals surface area contributed by atoms with E-state index in [0.29, 0.717) is 12.8 Å². The molecule has 0 aliphatic carbocycles. The molecule has 41 heavy (non-hydrogen) atoms. The second-order valence-corrected chi connectivity index (χ2v) is 11.5. The zero-order valence-electron chi connectivity index (χ0n) is 24.1. The number of rotatable bonds is 9. The lowest BCUT2D eigenvalue weighted by Crippen LogP contribution is -2.56. The number of carbonyl (C=O) groups is 1. The summed E-state index contributed by atoms with van der Waals surface area (Å²) in [6.45, 7) is 9.65. The number of fused-ring (bicyclic) bond motifs is 1. The highest BCUT2D eigenvalue weighted by molar-refractivity contribution is 5.85. The fourth-order valence-electron chi connectivity index (χ4n) is 6.20. The van der Waals surface area contributed by atoms with Crippen molar-refractivity contribution in [2.75, 3.05) is 13.1 Å². The lowest BCUT2D eigenvalue weighted by molar-refractivity contribution is -0.118. The van der Waals surface area contributed by atoms with Gasteiger partial charge in [-0.15, -0.1) is 0 Å². The molecule has 210 valence electrons. The minimum atomic E-state index is -0.115. The van der Waals surface area contributed by atoms with Gasteiger partial charge in [-0.3, -0.25) is 14.7 Å². The van der Waals surface area contributed by atoms with E-state index in [9.17, 15) is 4.79 Å². The molecule has 0 amide bonds. The van der Waals surface area contributed by atoms with Crippen LogP contribution in [-0.2, 0) is 11.2 Å². The summed E-state index contributed by atoms with van der Waals surface area (Å²) in [6, 6.07) is 20.5. The Morgan fingerprint density at radius 1 is 1.05 bits per heavy atom. The topological polar surface area (TPSA) is 98.4 Å². The van der Waals surface area contributed by atoms with Crippen LogP contribution in [0.2, 0.25) is 0 Å². The molecule has 3 aromatic heterocycles. The number of nitrogens with zero attached hydrogens (tertiary/aromatic N) is 3. The van der Waals surface area contributed by atoms with Crippen molar-refractivity contribution in [1.82, 2.24) is 15.0 Å². The second-order valence-electron chi connectivity index (χ2n) is 11.5. The molecule has 2 atom stereocenters. The van der Waals surface area contributed by atoms with Crippen molar-refractivity contribution >= 4 is 16.8 Å². The van der Waals surface area contributed by atoms with Crippen LogP contribution in [0.1, 0.15) is 69.1 Å². The maximum atomic E-state index is 13.5. The minimum absolute atomic E-state index is 0.0905. The van der Waals surface area contributed by atoms with Crippen LogP contribution in [0.4, 0.5) is 0 Å². The Labute approximate surface area is 240 Å². The summed E-state index contributed by atoms with van der Waals surface area (Å²) >= 11 is 0. The molecule has 5 aromatic rings. The lowest BCUT2D eigenvalue weighted by Gasteiger charge is -2.41. The van der Waals surface area contributed by atoms with Gasteiger partial charge in [-0.25, -0.2) is 0 Å². The predicted molar refractivity (Wildman–Crippen MR) is 159 cm³/mol. The van der Waals surface area contributed by atoms with Crippen molar-refractivity contribution in [1.29, 1.82) is 0 Å². The Bertz CT molecular complexity index is 1680.